The van der Waals surface area contributed by atoms with Crippen LogP contribution in [0.15, 0.2) is 36.8 Å². The molecule has 2 rings (SSSR count). The van der Waals surface area contributed by atoms with Gasteiger partial charge in [-0.1, -0.05) is 49.4 Å². The summed E-state index contributed by atoms with van der Waals surface area (Å²) in [6.45, 7) is 0.504. The van der Waals surface area contributed by atoms with Crippen LogP contribution in [0.4, 0.5) is 0 Å². The molecule has 7 heteroatoms. The zero-order valence-corrected chi connectivity index (χ0v) is 16.0. The largest absolute Gasteiger partial charge is 0.348 e. The first-order valence-corrected chi connectivity index (χ1v) is 10.8. The minimum absolute atomic E-state index is 0.00221. The topological polar surface area (TPSA) is 74.8 Å². The molecule has 0 aliphatic carbocycles. The Labute approximate surface area is 155 Å². The lowest BCUT2D eigenvalue weighted by molar-refractivity contribution is 0.564. The van der Waals surface area contributed by atoms with Gasteiger partial charge in [0.1, 0.15) is 0 Å². The Morgan fingerprint density at radius 2 is 1.68 bits per heavy atom. The fourth-order valence-corrected chi connectivity index (χ4v) is 3.96. The number of aromatic nitrogens is 2. The lowest BCUT2D eigenvalue weighted by atomic mass is 10.1. The molecular formula is C18H26ClN3O2S. The summed E-state index contributed by atoms with van der Waals surface area (Å²) in [6.07, 6.45) is 11.2. The normalized spacial score (nSPS) is 11.7. The SMILES string of the molecule is O=S(=O)(Cc1ccc(Cl)cc1)NCCCCCCCCc1cnc[nH]1. The van der Waals surface area contributed by atoms with Gasteiger partial charge >= 0.3 is 0 Å². The van der Waals surface area contributed by atoms with Crippen molar-refractivity contribution in [1.82, 2.24) is 14.7 Å². The minimum Gasteiger partial charge on any atom is -0.348 e. The van der Waals surface area contributed by atoms with Crippen LogP contribution in [0.2, 0.25) is 5.02 Å². The molecule has 0 amide bonds. The molecule has 138 valence electrons. The molecule has 0 unspecified atom stereocenters. The first kappa shape index (κ1) is 19.9. The van der Waals surface area contributed by atoms with Gasteiger partial charge in [0.25, 0.3) is 0 Å². The van der Waals surface area contributed by atoms with Crippen molar-refractivity contribution in [1.29, 1.82) is 0 Å². The Bertz CT molecular complexity index is 700. The molecule has 0 saturated heterocycles. The van der Waals surface area contributed by atoms with E-state index in [2.05, 4.69) is 14.7 Å². The molecule has 0 radical (unpaired) electrons. The van der Waals surface area contributed by atoms with Crippen LogP contribution in [-0.4, -0.2) is 24.9 Å². The number of imidazole rings is 1. The molecule has 0 aliphatic heterocycles. The molecule has 1 aromatic heterocycles. The number of unbranched alkanes of at least 4 members (excludes halogenated alkanes) is 5. The summed E-state index contributed by atoms with van der Waals surface area (Å²) in [6, 6.07) is 6.90. The van der Waals surface area contributed by atoms with Gasteiger partial charge in [-0.25, -0.2) is 18.1 Å². The molecule has 1 aromatic carbocycles. The number of hydrogen-bond donors (Lipinski definition) is 2. The van der Waals surface area contributed by atoms with Crippen LogP contribution in [0, 0.1) is 0 Å². The summed E-state index contributed by atoms with van der Waals surface area (Å²) < 4.78 is 26.7. The highest BCUT2D eigenvalue weighted by Crippen LogP contribution is 2.12. The second-order valence-corrected chi connectivity index (χ2v) is 8.47. The lowest BCUT2D eigenvalue weighted by Gasteiger charge is -2.07. The van der Waals surface area contributed by atoms with E-state index < -0.39 is 10.0 Å². The van der Waals surface area contributed by atoms with Gasteiger partial charge in [0.05, 0.1) is 12.1 Å². The molecule has 0 atom stereocenters. The maximum atomic E-state index is 12.0. The summed E-state index contributed by atoms with van der Waals surface area (Å²) in [5, 5.41) is 0.610. The third-order valence-electron chi connectivity index (χ3n) is 4.02. The third kappa shape index (κ3) is 8.52. The molecule has 25 heavy (non-hydrogen) atoms. The molecule has 2 N–H and O–H groups in total. The summed E-state index contributed by atoms with van der Waals surface area (Å²) >= 11 is 5.80. The van der Waals surface area contributed by atoms with E-state index in [1.165, 1.54) is 18.5 Å². The number of halogens is 1. The Hall–Kier alpha value is -1.37. The Morgan fingerprint density at radius 1 is 1.00 bits per heavy atom. The second-order valence-electron chi connectivity index (χ2n) is 6.23. The average Bonchev–Trinajstić information content (AvgIpc) is 3.08. The molecule has 5 nitrogen and oxygen atoms in total. The highest BCUT2D eigenvalue weighted by molar-refractivity contribution is 7.88. The third-order valence-corrected chi connectivity index (χ3v) is 5.63. The van der Waals surface area contributed by atoms with Gasteiger partial charge < -0.3 is 4.98 Å². The van der Waals surface area contributed by atoms with Gasteiger partial charge in [-0.05, 0) is 37.0 Å². The van der Waals surface area contributed by atoms with Gasteiger partial charge in [-0.15, -0.1) is 0 Å². The van der Waals surface area contributed by atoms with Crippen molar-refractivity contribution >= 4 is 21.6 Å². The number of benzene rings is 1. The molecule has 0 fully saturated rings. The van der Waals surface area contributed by atoms with Crippen molar-refractivity contribution < 1.29 is 8.42 Å². The molecule has 2 aromatic rings. The van der Waals surface area contributed by atoms with Crippen LogP contribution in [0.3, 0.4) is 0 Å². The zero-order chi connectivity index (χ0) is 18.0. The standard InChI is InChI=1S/C18H26ClN3O2S/c19-17-10-8-16(9-11-17)14-25(23,24)22-12-6-4-2-1-3-5-7-18-13-20-15-21-18/h8-11,13,15,22H,1-7,12,14H2,(H,20,21). The van der Waals surface area contributed by atoms with Crippen LogP contribution in [0.25, 0.3) is 0 Å². The molecule has 0 saturated carbocycles. The average molecular weight is 384 g/mol. The summed E-state index contributed by atoms with van der Waals surface area (Å²) in [5.41, 5.74) is 1.93. The molecule has 0 spiro atoms. The summed E-state index contributed by atoms with van der Waals surface area (Å²) in [4.78, 5) is 7.11. The predicted octanol–water partition coefficient (Wildman–Crippen LogP) is 4.07. The number of aryl methyl sites for hydroxylation is 1. The van der Waals surface area contributed by atoms with E-state index in [0.717, 1.165) is 37.7 Å². The quantitative estimate of drug-likeness (QED) is 0.542. The van der Waals surface area contributed by atoms with Crippen molar-refractivity contribution in [3.8, 4) is 0 Å². The van der Waals surface area contributed by atoms with Crippen LogP contribution >= 0.6 is 11.6 Å². The van der Waals surface area contributed by atoms with Crippen molar-refractivity contribution in [2.75, 3.05) is 6.54 Å². The Kier molecular flexibility index (Phi) is 8.44. The van der Waals surface area contributed by atoms with E-state index in [1.807, 2.05) is 6.20 Å². The zero-order valence-electron chi connectivity index (χ0n) is 14.4. The van der Waals surface area contributed by atoms with Crippen molar-refractivity contribution in [3.05, 3.63) is 53.1 Å². The molecule has 1 heterocycles. The van der Waals surface area contributed by atoms with Crippen LogP contribution in [0.1, 0.15) is 49.8 Å². The maximum Gasteiger partial charge on any atom is 0.215 e. The van der Waals surface area contributed by atoms with E-state index >= 15 is 0 Å². The van der Waals surface area contributed by atoms with Crippen molar-refractivity contribution in [2.45, 2.75) is 50.7 Å². The van der Waals surface area contributed by atoms with Crippen molar-refractivity contribution in [3.63, 3.8) is 0 Å². The Morgan fingerprint density at radius 3 is 2.36 bits per heavy atom. The fourth-order valence-electron chi connectivity index (χ4n) is 2.65. The van der Waals surface area contributed by atoms with Gasteiger partial charge in [-0.3, -0.25) is 0 Å². The number of nitrogens with one attached hydrogen (secondary N) is 2. The number of nitrogens with zero attached hydrogens (tertiary/aromatic N) is 1. The summed E-state index contributed by atoms with van der Waals surface area (Å²) in [5.74, 6) is -0.00221. The van der Waals surface area contributed by atoms with E-state index in [9.17, 15) is 8.42 Å². The number of hydrogen-bond acceptors (Lipinski definition) is 3. The number of H-pyrrole nitrogens is 1. The first-order chi connectivity index (χ1) is 12.1. The van der Waals surface area contributed by atoms with Crippen molar-refractivity contribution in [2.24, 2.45) is 0 Å². The van der Waals surface area contributed by atoms with Gasteiger partial charge in [0.15, 0.2) is 0 Å². The number of aromatic amines is 1. The molecule has 0 aliphatic rings. The van der Waals surface area contributed by atoms with E-state index in [0.29, 0.717) is 11.6 Å². The number of rotatable bonds is 12. The monoisotopic (exact) mass is 383 g/mol. The first-order valence-electron chi connectivity index (χ1n) is 8.74. The van der Waals surface area contributed by atoms with Gasteiger partial charge in [-0.2, -0.15) is 0 Å². The van der Waals surface area contributed by atoms with Gasteiger partial charge in [0.2, 0.25) is 10.0 Å². The highest BCUT2D eigenvalue weighted by Gasteiger charge is 2.10. The number of sulfonamides is 1. The highest BCUT2D eigenvalue weighted by atomic mass is 35.5. The second kappa shape index (κ2) is 10.6. The minimum atomic E-state index is -3.28. The fraction of sp³-hybridized carbons (Fsp3) is 0.500. The van der Waals surface area contributed by atoms with Crippen LogP contribution in [0.5, 0.6) is 0 Å². The molecule has 0 bridgehead atoms. The summed E-state index contributed by atoms with van der Waals surface area (Å²) in [7, 11) is -3.28. The van der Waals surface area contributed by atoms with E-state index in [4.69, 9.17) is 11.6 Å². The Balaban J connectivity index is 1.49. The van der Waals surface area contributed by atoms with E-state index in [1.54, 1.807) is 30.6 Å². The van der Waals surface area contributed by atoms with E-state index in [-0.39, 0.29) is 5.75 Å². The molecular weight excluding hydrogens is 358 g/mol. The van der Waals surface area contributed by atoms with Crippen LogP contribution in [-0.2, 0) is 22.2 Å². The maximum absolute atomic E-state index is 12.0. The van der Waals surface area contributed by atoms with Crippen LogP contribution < -0.4 is 4.72 Å². The van der Waals surface area contributed by atoms with Gasteiger partial charge in [0, 0.05) is 23.5 Å². The predicted molar refractivity (Wildman–Crippen MR) is 102 cm³/mol. The smallest absolute Gasteiger partial charge is 0.215 e. The lowest BCUT2D eigenvalue weighted by Crippen LogP contribution is -2.26.